The van der Waals surface area contributed by atoms with Crippen LogP contribution >= 0.6 is 11.6 Å². The second-order valence-electron chi connectivity index (χ2n) is 3.53. The standard InChI is InChI=1S/C10H9ClFN5O2/c11-7-3-6(12)2-1-5(7)4-18-16-9(13)8-10(14)17-19-15-8/h1-3H,4H2,(H2,13,16)(H2,14,17)/p+1. The first-order valence-corrected chi connectivity index (χ1v) is 5.48. The summed E-state index contributed by atoms with van der Waals surface area (Å²) in [6.07, 6.45) is 0. The molecule has 9 heteroatoms. The number of nitrogen functional groups attached to an aromatic ring is 1. The number of nitrogens with one attached hydrogen (secondary N) is 1. The van der Waals surface area contributed by atoms with Gasteiger partial charge in [-0.15, -0.1) is 4.63 Å². The van der Waals surface area contributed by atoms with E-state index in [1.54, 1.807) is 0 Å². The van der Waals surface area contributed by atoms with Crippen LogP contribution in [0.4, 0.5) is 10.2 Å². The van der Waals surface area contributed by atoms with Gasteiger partial charge in [0.25, 0.3) is 0 Å². The third kappa shape index (κ3) is 3.10. The van der Waals surface area contributed by atoms with Crippen molar-refractivity contribution in [3.05, 3.63) is 40.3 Å². The molecule has 7 nitrogen and oxygen atoms in total. The van der Waals surface area contributed by atoms with Gasteiger partial charge in [-0.25, -0.2) is 4.39 Å². The van der Waals surface area contributed by atoms with Gasteiger partial charge < -0.3 is 16.3 Å². The lowest BCUT2D eigenvalue weighted by Crippen LogP contribution is -2.18. The minimum Gasteiger partial charge on any atom is -0.389 e. The number of amidine groups is 1. The zero-order chi connectivity index (χ0) is 13.8. The van der Waals surface area contributed by atoms with E-state index in [0.29, 0.717) is 5.56 Å². The van der Waals surface area contributed by atoms with E-state index in [0.717, 1.165) is 0 Å². The Morgan fingerprint density at radius 2 is 2.37 bits per heavy atom. The monoisotopic (exact) mass is 286 g/mol. The van der Waals surface area contributed by atoms with Gasteiger partial charge >= 0.3 is 11.5 Å². The average Bonchev–Trinajstić information content (AvgIpc) is 2.78. The van der Waals surface area contributed by atoms with Crippen molar-refractivity contribution in [2.45, 2.75) is 6.61 Å². The Bertz CT molecular complexity index is 616. The Labute approximate surface area is 111 Å². The molecule has 0 saturated carbocycles. The fourth-order valence-corrected chi connectivity index (χ4v) is 1.48. The molecule has 19 heavy (non-hydrogen) atoms. The Kier molecular flexibility index (Phi) is 3.81. The van der Waals surface area contributed by atoms with E-state index >= 15 is 0 Å². The number of hydrogen-bond donors (Lipinski definition) is 2. The quantitative estimate of drug-likeness (QED) is 0.488. The zero-order valence-electron chi connectivity index (χ0n) is 9.56. The van der Waals surface area contributed by atoms with E-state index in [1.807, 2.05) is 0 Å². The second-order valence-corrected chi connectivity index (χ2v) is 3.94. The predicted molar refractivity (Wildman–Crippen MR) is 64.4 cm³/mol. The summed E-state index contributed by atoms with van der Waals surface area (Å²) >= 11 is 5.82. The van der Waals surface area contributed by atoms with Crippen LogP contribution in [0.5, 0.6) is 0 Å². The van der Waals surface area contributed by atoms with Crippen LogP contribution in [0, 0.1) is 5.82 Å². The maximum absolute atomic E-state index is 12.8. The molecule has 0 aliphatic heterocycles. The van der Waals surface area contributed by atoms with Crippen LogP contribution in [-0.2, 0) is 11.4 Å². The van der Waals surface area contributed by atoms with Crippen molar-refractivity contribution in [1.82, 2.24) is 5.16 Å². The number of halogens is 2. The summed E-state index contributed by atoms with van der Waals surface area (Å²) < 4.78 is 17.3. The average molecular weight is 287 g/mol. The van der Waals surface area contributed by atoms with E-state index in [4.69, 9.17) is 27.9 Å². The van der Waals surface area contributed by atoms with Gasteiger partial charge in [0.15, 0.2) is 0 Å². The summed E-state index contributed by atoms with van der Waals surface area (Å²) in [7, 11) is 0. The van der Waals surface area contributed by atoms with Gasteiger partial charge in [-0.2, -0.15) is 0 Å². The molecule has 2 rings (SSSR count). The summed E-state index contributed by atoms with van der Waals surface area (Å²) in [5.41, 5.74) is 11.8. The number of aromatic amines is 1. The Balaban J connectivity index is 2.01. The molecule has 0 saturated heterocycles. The highest BCUT2D eigenvalue weighted by atomic mass is 35.5. The Morgan fingerprint density at radius 1 is 1.58 bits per heavy atom. The van der Waals surface area contributed by atoms with E-state index in [-0.39, 0.29) is 29.0 Å². The van der Waals surface area contributed by atoms with E-state index in [1.165, 1.54) is 18.2 Å². The van der Waals surface area contributed by atoms with Crippen molar-refractivity contribution in [3.63, 3.8) is 0 Å². The molecular weight excluding hydrogens is 277 g/mol. The van der Waals surface area contributed by atoms with Gasteiger partial charge in [0.1, 0.15) is 12.4 Å². The molecule has 0 fully saturated rings. The number of hydrogen-bond acceptors (Lipinski definition) is 5. The van der Waals surface area contributed by atoms with Crippen molar-refractivity contribution in [3.8, 4) is 0 Å². The summed E-state index contributed by atoms with van der Waals surface area (Å²) in [6, 6.07) is 3.93. The van der Waals surface area contributed by atoms with E-state index < -0.39 is 5.82 Å². The molecule has 0 spiro atoms. The largest absolute Gasteiger partial charge is 0.389 e. The third-order valence-corrected chi connectivity index (χ3v) is 2.54. The lowest BCUT2D eigenvalue weighted by atomic mass is 10.2. The van der Waals surface area contributed by atoms with Gasteiger partial charge in [-0.3, -0.25) is 0 Å². The van der Waals surface area contributed by atoms with Gasteiger partial charge in [0.2, 0.25) is 5.84 Å². The van der Waals surface area contributed by atoms with E-state index in [9.17, 15) is 4.39 Å². The Hall–Kier alpha value is -2.35. The van der Waals surface area contributed by atoms with Gasteiger partial charge in [0.05, 0.1) is 10.2 Å². The number of nitrogens with zero attached hydrogens (tertiary/aromatic N) is 2. The molecular formula is C10H10ClFN5O2+. The number of anilines is 1. The number of H-pyrrole nitrogens is 1. The normalized spacial score (nSPS) is 11.6. The van der Waals surface area contributed by atoms with Crippen LogP contribution in [-0.4, -0.2) is 11.0 Å². The first kappa shape index (κ1) is 13.1. The first-order valence-electron chi connectivity index (χ1n) is 5.10. The van der Waals surface area contributed by atoms with Crippen LogP contribution in [0.2, 0.25) is 5.02 Å². The number of benzene rings is 1. The smallest absolute Gasteiger partial charge is 0.303 e. The lowest BCUT2D eigenvalue weighted by Gasteiger charge is -2.02. The number of aromatic nitrogens is 2. The highest BCUT2D eigenvalue weighted by molar-refractivity contribution is 6.31. The molecule has 0 radical (unpaired) electrons. The highest BCUT2D eigenvalue weighted by Gasteiger charge is 2.17. The lowest BCUT2D eigenvalue weighted by molar-refractivity contribution is -0.610. The molecule has 1 aromatic heterocycles. The third-order valence-electron chi connectivity index (χ3n) is 2.19. The molecule has 100 valence electrons. The van der Waals surface area contributed by atoms with Crippen LogP contribution in [0.1, 0.15) is 11.3 Å². The van der Waals surface area contributed by atoms with Crippen LogP contribution in [0.15, 0.2) is 28.0 Å². The second kappa shape index (κ2) is 5.53. The molecule has 2 aromatic rings. The topological polar surface area (TPSA) is 114 Å². The maximum Gasteiger partial charge on any atom is 0.303 e. The SMILES string of the molecule is NC(=NOCc1ccc(F)cc1Cl)c1no[nH+]c1N. The van der Waals surface area contributed by atoms with Crippen LogP contribution in [0.25, 0.3) is 0 Å². The van der Waals surface area contributed by atoms with Gasteiger partial charge in [-0.1, -0.05) is 28.0 Å². The van der Waals surface area contributed by atoms with Gasteiger partial charge in [-0.05, 0) is 12.1 Å². The predicted octanol–water partition coefficient (Wildman–Crippen LogP) is 0.700. The summed E-state index contributed by atoms with van der Waals surface area (Å²) in [6.45, 7) is 0.0291. The van der Waals surface area contributed by atoms with Crippen LogP contribution < -0.4 is 16.6 Å². The number of nitrogens with two attached hydrogens (primary N) is 2. The van der Waals surface area contributed by atoms with Crippen molar-refractivity contribution in [2.24, 2.45) is 10.9 Å². The van der Waals surface area contributed by atoms with Crippen molar-refractivity contribution < 1.29 is 19.0 Å². The number of oxime groups is 1. The van der Waals surface area contributed by atoms with Crippen molar-refractivity contribution >= 4 is 23.3 Å². The fourth-order valence-electron chi connectivity index (χ4n) is 1.25. The molecule has 0 atom stereocenters. The highest BCUT2D eigenvalue weighted by Crippen LogP contribution is 2.18. The summed E-state index contributed by atoms with van der Waals surface area (Å²) in [4.78, 5) is 4.99. The molecule has 1 heterocycles. The van der Waals surface area contributed by atoms with Crippen molar-refractivity contribution in [2.75, 3.05) is 5.73 Å². The first-order chi connectivity index (χ1) is 9.08. The minimum atomic E-state index is -0.428. The summed E-state index contributed by atoms with van der Waals surface area (Å²) in [5, 5.41) is 9.63. The fraction of sp³-hybridized carbons (Fsp3) is 0.100. The summed E-state index contributed by atoms with van der Waals surface area (Å²) in [5.74, 6) is -0.354. The maximum atomic E-state index is 12.8. The molecule has 0 bridgehead atoms. The molecule has 1 aromatic carbocycles. The Morgan fingerprint density at radius 3 is 3.00 bits per heavy atom. The molecule has 0 amide bonds. The van der Waals surface area contributed by atoms with E-state index in [2.05, 4.69) is 20.1 Å². The zero-order valence-corrected chi connectivity index (χ0v) is 10.3. The molecule has 0 aliphatic carbocycles. The van der Waals surface area contributed by atoms with Crippen LogP contribution in [0.3, 0.4) is 0 Å². The number of rotatable bonds is 4. The minimum absolute atomic E-state index is 0.0291. The molecule has 0 aliphatic rings. The molecule has 5 N–H and O–H groups in total. The van der Waals surface area contributed by atoms with Gasteiger partial charge in [0, 0.05) is 5.56 Å². The van der Waals surface area contributed by atoms with Crippen molar-refractivity contribution in [1.29, 1.82) is 0 Å². The molecule has 0 unspecified atom stereocenters.